The Morgan fingerprint density at radius 3 is 3.11 bits per heavy atom. The summed E-state index contributed by atoms with van der Waals surface area (Å²) >= 11 is 0. The van der Waals surface area contributed by atoms with Gasteiger partial charge in [0.25, 0.3) is 0 Å². The number of nitrogens with one attached hydrogen (secondary N) is 1. The van der Waals surface area contributed by atoms with E-state index in [0.717, 1.165) is 37.5 Å². The SMILES string of the molecule is CC(C)COCCCNC1COc2cc(O)ccc21. The van der Waals surface area contributed by atoms with Crippen LogP contribution in [0.3, 0.4) is 0 Å². The normalized spacial score (nSPS) is 17.5. The van der Waals surface area contributed by atoms with Crippen molar-refractivity contribution in [2.24, 2.45) is 5.92 Å². The predicted octanol–water partition coefficient (Wildman–Crippen LogP) is 2.48. The molecule has 0 amide bonds. The molecule has 0 radical (unpaired) electrons. The Morgan fingerprint density at radius 1 is 1.47 bits per heavy atom. The Bertz CT molecular complexity index is 406. The molecule has 0 aromatic heterocycles. The van der Waals surface area contributed by atoms with Crippen molar-refractivity contribution in [3.63, 3.8) is 0 Å². The van der Waals surface area contributed by atoms with Gasteiger partial charge in [-0.3, -0.25) is 0 Å². The molecule has 19 heavy (non-hydrogen) atoms. The Morgan fingerprint density at radius 2 is 2.32 bits per heavy atom. The third-order valence-electron chi connectivity index (χ3n) is 3.09. The minimum atomic E-state index is 0.223. The lowest BCUT2D eigenvalue weighted by molar-refractivity contribution is 0.107. The summed E-state index contributed by atoms with van der Waals surface area (Å²) in [5.41, 5.74) is 1.13. The van der Waals surface area contributed by atoms with Gasteiger partial charge in [-0.1, -0.05) is 13.8 Å². The summed E-state index contributed by atoms with van der Waals surface area (Å²) in [4.78, 5) is 0. The zero-order valence-corrected chi connectivity index (χ0v) is 11.7. The second kappa shape index (κ2) is 6.78. The average Bonchev–Trinajstić information content (AvgIpc) is 2.75. The monoisotopic (exact) mass is 265 g/mol. The van der Waals surface area contributed by atoms with Crippen LogP contribution in [0.25, 0.3) is 0 Å². The zero-order valence-electron chi connectivity index (χ0n) is 11.7. The molecule has 2 N–H and O–H groups in total. The molecule has 0 saturated heterocycles. The number of phenolic OH excluding ortho intramolecular Hbond substituents is 1. The fraction of sp³-hybridized carbons (Fsp3) is 0.600. The molecule has 0 fully saturated rings. The quantitative estimate of drug-likeness (QED) is 0.744. The van der Waals surface area contributed by atoms with Gasteiger partial charge in [0.1, 0.15) is 18.1 Å². The van der Waals surface area contributed by atoms with E-state index in [2.05, 4.69) is 19.2 Å². The third kappa shape index (κ3) is 4.11. The van der Waals surface area contributed by atoms with Crippen LogP contribution in [0.15, 0.2) is 18.2 Å². The van der Waals surface area contributed by atoms with Gasteiger partial charge in [-0.25, -0.2) is 0 Å². The summed E-state index contributed by atoms with van der Waals surface area (Å²) in [6, 6.07) is 5.52. The van der Waals surface area contributed by atoms with E-state index in [4.69, 9.17) is 9.47 Å². The molecule has 2 rings (SSSR count). The van der Waals surface area contributed by atoms with Crippen LogP contribution < -0.4 is 10.1 Å². The van der Waals surface area contributed by atoms with E-state index in [1.807, 2.05) is 6.07 Å². The molecule has 1 unspecified atom stereocenters. The topological polar surface area (TPSA) is 50.7 Å². The second-order valence-corrected chi connectivity index (χ2v) is 5.36. The first-order valence-electron chi connectivity index (χ1n) is 6.93. The van der Waals surface area contributed by atoms with Crippen LogP contribution in [0.5, 0.6) is 11.5 Å². The molecule has 1 aliphatic heterocycles. The highest BCUT2D eigenvalue weighted by atomic mass is 16.5. The number of hydrogen-bond donors (Lipinski definition) is 2. The van der Waals surface area contributed by atoms with Gasteiger partial charge in [0.05, 0.1) is 6.04 Å². The molecule has 1 aromatic carbocycles. The standard InChI is InChI=1S/C15H23NO3/c1-11(2)9-18-7-3-6-16-14-10-19-15-8-12(17)4-5-13(14)15/h4-5,8,11,14,16-17H,3,6-7,9-10H2,1-2H3. The Labute approximate surface area is 114 Å². The first kappa shape index (κ1) is 14.2. The van der Waals surface area contributed by atoms with Gasteiger partial charge >= 0.3 is 0 Å². The van der Waals surface area contributed by atoms with Crippen molar-refractivity contribution in [2.45, 2.75) is 26.3 Å². The van der Waals surface area contributed by atoms with Gasteiger partial charge in [0.15, 0.2) is 0 Å². The lowest BCUT2D eigenvalue weighted by Gasteiger charge is -2.12. The molecule has 1 atom stereocenters. The van der Waals surface area contributed by atoms with Gasteiger partial charge in [-0.15, -0.1) is 0 Å². The Kier molecular flexibility index (Phi) is 5.05. The number of benzene rings is 1. The lowest BCUT2D eigenvalue weighted by atomic mass is 10.1. The van der Waals surface area contributed by atoms with Crippen molar-refractivity contribution in [1.82, 2.24) is 5.32 Å². The number of hydrogen-bond acceptors (Lipinski definition) is 4. The smallest absolute Gasteiger partial charge is 0.127 e. The van der Waals surface area contributed by atoms with E-state index in [1.165, 1.54) is 0 Å². The minimum absolute atomic E-state index is 0.223. The van der Waals surface area contributed by atoms with Gasteiger partial charge in [0, 0.05) is 24.8 Å². The zero-order chi connectivity index (χ0) is 13.7. The van der Waals surface area contributed by atoms with Crippen LogP contribution in [-0.2, 0) is 4.74 Å². The summed E-state index contributed by atoms with van der Waals surface area (Å²) in [6.07, 6.45) is 0.997. The molecule has 0 saturated carbocycles. The van der Waals surface area contributed by atoms with E-state index >= 15 is 0 Å². The Hall–Kier alpha value is -1.26. The molecule has 106 valence electrons. The first-order chi connectivity index (χ1) is 9.16. The van der Waals surface area contributed by atoms with Crippen molar-refractivity contribution < 1.29 is 14.6 Å². The van der Waals surface area contributed by atoms with Crippen LogP contribution in [0.1, 0.15) is 31.9 Å². The number of aromatic hydroxyl groups is 1. The van der Waals surface area contributed by atoms with Crippen molar-refractivity contribution in [3.8, 4) is 11.5 Å². The molecule has 1 heterocycles. The summed E-state index contributed by atoms with van der Waals surface area (Å²) in [5.74, 6) is 1.63. The summed E-state index contributed by atoms with van der Waals surface area (Å²) in [5, 5.41) is 12.8. The highest BCUT2D eigenvalue weighted by Gasteiger charge is 2.23. The first-order valence-corrected chi connectivity index (χ1v) is 6.93. The average molecular weight is 265 g/mol. The van der Waals surface area contributed by atoms with Crippen LogP contribution >= 0.6 is 0 Å². The van der Waals surface area contributed by atoms with Crippen molar-refractivity contribution in [2.75, 3.05) is 26.4 Å². The van der Waals surface area contributed by atoms with Gasteiger partial charge in [-0.2, -0.15) is 0 Å². The maximum absolute atomic E-state index is 9.38. The fourth-order valence-corrected chi connectivity index (χ4v) is 2.14. The van der Waals surface area contributed by atoms with Crippen LogP contribution in [0, 0.1) is 5.92 Å². The van der Waals surface area contributed by atoms with E-state index in [9.17, 15) is 5.11 Å². The van der Waals surface area contributed by atoms with E-state index in [0.29, 0.717) is 12.5 Å². The summed E-state index contributed by atoms with van der Waals surface area (Å²) in [7, 11) is 0. The summed E-state index contributed by atoms with van der Waals surface area (Å²) < 4.78 is 11.1. The molecule has 0 spiro atoms. The number of fused-ring (bicyclic) bond motifs is 1. The van der Waals surface area contributed by atoms with Gasteiger partial charge in [-0.05, 0) is 31.0 Å². The van der Waals surface area contributed by atoms with Crippen molar-refractivity contribution in [3.05, 3.63) is 23.8 Å². The highest BCUT2D eigenvalue weighted by molar-refractivity contribution is 5.44. The minimum Gasteiger partial charge on any atom is -0.508 e. The molecule has 4 heteroatoms. The predicted molar refractivity (Wildman–Crippen MR) is 74.6 cm³/mol. The molecule has 0 aliphatic carbocycles. The van der Waals surface area contributed by atoms with Gasteiger partial charge in [0.2, 0.25) is 0 Å². The van der Waals surface area contributed by atoms with Crippen molar-refractivity contribution >= 4 is 0 Å². The molecule has 1 aromatic rings. The second-order valence-electron chi connectivity index (χ2n) is 5.36. The van der Waals surface area contributed by atoms with Crippen LogP contribution in [0.2, 0.25) is 0 Å². The largest absolute Gasteiger partial charge is 0.508 e. The lowest BCUT2D eigenvalue weighted by Crippen LogP contribution is -2.24. The van der Waals surface area contributed by atoms with Crippen molar-refractivity contribution in [1.29, 1.82) is 0 Å². The van der Waals surface area contributed by atoms with Gasteiger partial charge < -0.3 is 19.9 Å². The van der Waals surface area contributed by atoms with E-state index in [-0.39, 0.29) is 11.8 Å². The Balaban J connectivity index is 1.69. The maximum atomic E-state index is 9.38. The summed E-state index contributed by atoms with van der Waals surface area (Å²) in [6.45, 7) is 7.47. The van der Waals surface area contributed by atoms with E-state index < -0.39 is 0 Å². The van der Waals surface area contributed by atoms with E-state index in [1.54, 1.807) is 12.1 Å². The molecule has 0 bridgehead atoms. The maximum Gasteiger partial charge on any atom is 0.127 e. The van der Waals surface area contributed by atoms with Crippen LogP contribution in [-0.4, -0.2) is 31.5 Å². The molecular weight excluding hydrogens is 242 g/mol. The number of phenols is 1. The number of ether oxygens (including phenoxy) is 2. The molecule has 4 nitrogen and oxygen atoms in total. The third-order valence-corrected chi connectivity index (χ3v) is 3.09. The fourth-order valence-electron chi connectivity index (χ4n) is 2.14. The molecular formula is C15H23NO3. The highest BCUT2D eigenvalue weighted by Crippen LogP contribution is 2.34. The van der Waals surface area contributed by atoms with Crippen LogP contribution in [0.4, 0.5) is 0 Å². The number of rotatable bonds is 7. The molecule has 1 aliphatic rings.